The first kappa shape index (κ1) is 15.6. The molecule has 2 N–H and O–H groups in total. The van der Waals surface area contributed by atoms with E-state index in [0.717, 1.165) is 5.56 Å². The molecule has 0 bridgehead atoms. The van der Waals surface area contributed by atoms with Gasteiger partial charge in [0.05, 0.1) is 6.61 Å². The van der Waals surface area contributed by atoms with Crippen molar-refractivity contribution >= 4 is 5.91 Å². The van der Waals surface area contributed by atoms with Crippen molar-refractivity contribution in [2.45, 2.75) is 31.7 Å². The second kappa shape index (κ2) is 5.93. The molecule has 0 aliphatic heterocycles. The van der Waals surface area contributed by atoms with Crippen LogP contribution >= 0.6 is 0 Å². The van der Waals surface area contributed by atoms with Crippen LogP contribution in [0, 0.1) is 5.92 Å². The summed E-state index contributed by atoms with van der Waals surface area (Å²) in [6, 6.07) is 5.25. The number of amides is 1. The van der Waals surface area contributed by atoms with Crippen LogP contribution in [0.5, 0.6) is 5.75 Å². The number of hydrogen-bond acceptors (Lipinski definition) is 3. The third-order valence-corrected chi connectivity index (χ3v) is 3.33. The first-order valence-electron chi connectivity index (χ1n) is 6.57. The fourth-order valence-electron chi connectivity index (χ4n) is 2.17. The number of aliphatic hydroxyl groups is 1. The maximum Gasteiger partial charge on any atom is 0.573 e. The lowest BCUT2D eigenvalue weighted by Gasteiger charge is -2.11. The normalized spacial score (nSPS) is 22.5. The Morgan fingerprint density at radius 3 is 2.57 bits per heavy atom. The maximum absolute atomic E-state index is 12.0. The molecule has 1 aromatic carbocycles. The molecule has 0 saturated heterocycles. The van der Waals surface area contributed by atoms with E-state index >= 15 is 0 Å². The molecule has 0 radical (unpaired) electrons. The summed E-state index contributed by atoms with van der Waals surface area (Å²) < 4.78 is 39.9. The van der Waals surface area contributed by atoms with Gasteiger partial charge in [-0.15, -0.1) is 13.2 Å². The Bertz CT molecular complexity index is 501. The van der Waals surface area contributed by atoms with E-state index < -0.39 is 6.36 Å². The van der Waals surface area contributed by atoms with Crippen molar-refractivity contribution < 1.29 is 27.8 Å². The first-order chi connectivity index (χ1) is 9.80. The lowest BCUT2D eigenvalue weighted by molar-refractivity contribution is -0.274. The Hall–Kier alpha value is -1.76. The Morgan fingerprint density at radius 2 is 2.05 bits per heavy atom. The topological polar surface area (TPSA) is 58.6 Å². The summed E-state index contributed by atoms with van der Waals surface area (Å²) in [4.78, 5) is 11.8. The number of rotatable bonds is 5. The van der Waals surface area contributed by atoms with Crippen molar-refractivity contribution in [2.75, 3.05) is 6.61 Å². The minimum absolute atomic E-state index is 0.0100. The number of carbonyl (C=O) groups is 1. The average Bonchev–Trinajstić information content (AvgIpc) is 3.18. The molecule has 1 saturated carbocycles. The van der Waals surface area contributed by atoms with E-state index in [4.69, 9.17) is 5.11 Å². The van der Waals surface area contributed by atoms with Crippen molar-refractivity contribution in [2.24, 2.45) is 5.92 Å². The fraction of sp³-hybridized carbons (Fsp3) is 0.500. The van der Waals surface area contributed by atoms with E-state index in [1.807, 2.05) is 0 Å². The van der Waals surface area contributed by atoms with E-state index in [1.165, 1.54) is 24.3 Å². The van der Waals surface area contributed by atoms with E-state index in [1.54, 1.807) is 6.92 Å². The molecule has 2 rings (SSSR count). The Labute approximate surface area is 119 Å². The largest absolute Gasteiger partial charge is 0.573 e. The number of benzene rings is 1. The number of halogens is 3. The van der Waals surface area contributed by atoms with Gasteiger partial charge in [0, 0.05) is 12.0 Å². The maximum atomic E-state index is 12.0. The van der Waals surface area contributed by atoms with Crippen LogP contribution in [0.1, 0.15) is 24.8 Å². The van der Waals surface area contributed by atoms with Gasteiger partial charge in [0.2, 0.25) is 5.91 Å². The summed E-state index contributed by atoms with van der Waals surface area (Å²) in [7, 11) is 0. The number of nitrogens with one attached hydrogen (secondary N) is 1. The van der Waals surface area contributed by atoms with Crippen molar-refractivity contribution in [3.8, 4) is 5.75 Å². The first-order valence-corrected chi connectivity index (χ1v) is 6.57. The van der Waals surface area contributed by atoms with Crippen LogP contribution in [0.15, 0.2) is 24.3 Å². The summed E-state index contributed by atoms with van der Waals surface area (Å²) in [6.07, 6.45) is -4.05. The lowest BCUT2D eigenvalue weighted by atomic mass is 10.1. The summed E-state index contributed by atoms with van der Waals surface area (Å²) in [6.45, 7) is 1.56. The molecule has 1 aliphatic carbocycles. The van der Waals surface area contributed by atoms with E-state index in [-0.39, 0.29) is 36.1 Å². The SMILES string of the molecule is CC(CO)NC(=O)C1CC1c1ccc(OC(F)(F)F)cc1. The lowest BCUT2D eigenvalue weighted by Crippen LogP contribution is -2.36. The highest BCUT2D eigenvalue weighted by Gasteiger charge is 2.44. The molecular weight excluding hydrogens is 287 g/mol. The van der Waals surface area contributed by atoms with Gasteiger partial charge >= 0.3 is 6.36 Å². The smallest absolute Gasteiger partial charge is 0.406 e. The van der Waals surface area contributed by atoms with Crippen LogP contribution < -0.4 is 10.1 Å². The highest BCUT2D eigenvalue weighted by Crippen LogP contribution is 2.47. The second-order valence-corrected chi connectivity index (χ2v) is 5.16. The highest BCUT2D eigenvalue weighted by molar-refractivity contribution is 5.83. The summed E-state index contributed by atoms with van der Waals surface area (Å²) in [5.74, 6) is -0.594. The average molecular weight is 303 g/mol. The Kier molecular flexibility index (Phi) is 4.41. The second-order valence-electron chi connectivity index (χ2n) is 5.16. The minimum atomic E-state index is -4.70. The zero-order chi connectivity index (χ0) is 15.6. The van der Waals surface area contributed by atoms with Gasteiger partial charge < -0.3 is 15.2 Å². The monoisotopic (exact) mass is 303 g/mol. The van der Waals surface area contributed by atoms with Crippen molar-refractivity contribution in [3.05, 3.63) is 29.8 Å². The molecule has 4 nitrogen and oxygen atoms in total. The van der Waals surface area contributed by atoms with E-state index in [0.29, 0.717) is 6.42 Å². The zero-order valence-electron chi connectivity index (χ0n) is 11.4. The standard InChI is InChI=1S/C14H16F3NO3/c1-8(7-19)18-13(20)12-6-11(12)9-2-4-10(5-3-9)21-14(15,16)17/h2-5,8,11-12,19H,6-7H2,1H3,(H,18,20). The molecule has 0 heterocycles. The summed E-state index contributed by atoms with van der Waals surface area (Å²) in [5, 5.41) is 11.5. The van der Waals surface area contributed by atoms with Gasteiger partial charge in [0.15, 0.2) is 0 Å². The molecule has 1 aliphatic rings. The summed E-state index contributed by atoms with van der Waals surface area (Å²) >= 11 is 0. The zero-order valence-corrected chi connectivity index (χ0v) is 11.4. The number of aliphatic hydroxyl groups excluding tert-OH is 1. The predicted molar refractivity (Wildman–Crippen MR) is 68.7 cm³/mol. The summed E-state index contributed by atoms with van der Waals surface area (Å²) in [5.41, 5.74) is 0.807. The fourth-order valence-corrected chi connectivity index (χ4v) is 2.17. The number of hydrogen-bond donors (Lipinski definition) is 2. The van der Waals surface area contributed by atoms with Crippen molar-refractivity contribution in [1.29, 1.82) is 0 Å². The third-order valence-electron chi connectivity index (χ3n) is 3.33. The van der Waals surface area contributed by atoms with E-state index in [9.17, 15) is 18.0 Å². The molecule has 3 atom stereocenters. The van der Waals surface area contributed by atoms with Crippen LogP contribution in [0.4, 0.5) is 13.2 Å². The van der Waals surface area contributed by atoms with Gasteiger partial charge in [-0.05, 0) is 37.0 Å². The van der Waals surface area contributed by atoms with Crippen LogP contribution in [0.3, 0.4) is 0 Å². The molecule has 1 amide bonds. The Balaban J connectivity index is 1.91. The minimum Gasteiger partial charge on any atom is -0.406 e. The molecule has 21 heavy (non-hydrogen) atoms. The third kappa shape index (κ3) is 4.35. The van der Waals surface area contributed by atoms with Gasteiger partial charge in [-0.2, -0.15) is 0 Å². The number of ether oxygens (including phenoxy) is 1. The molecule has 116 valence electrons. The highest BCUT2D eigenvalue weighted by atomic mass is 19.4. The quantitative estimate of drug-likeness (QED) is 0.876. The number of alkyl halides is 3. The van der Waals surface area contributed by atoms with Crippen LogP contribution in [0.25, 0.3) is 0 Å². The molecule has 0 aromatic heterocycles. The van der Waals surface area contributed by atoms with Gasteiger partial charge in [-0.25, -0.2) is 0 Å². The van der Waals surface area contributed by atoms with Crippen LogP contribution in [-0.4, -0.2) is 30.0 Å². The van der Waals surface area contributed by atoms with Crippen molar-refractivity contribution in [1.82, 2.24) is 5.32 Å². The molecular formula is C14H16F3NO3. The molecule has 7 heteroatoms. The predicted octanol–water partition coefficient (Wildman–Crippen LogP) is 2.19. The van der Waals surface area contributed by atoms with Crippen LogP contribution in [-0.2, 0) is 4.79 Å². The molecule has 1 fully saturated rings. The van der Waals surface area contributed by atoms with E-state index in [2.05, 4.69) is 10.1 Å². The molecule has 1 aromatic rings. The Morgan fingerprint density at radius 1 is 1.43 bits per heavy atom. The van der Waals surface area contributed by atoms with Gasteiger partial charge in [-0.3, -0.25) is 4.79 Å². The van der Waals surface area contributed by atoms with Crippen molar-refractivity contribution in [3.63, 3.8) is 0 Å². The van der Waals surface area contributed by atoms with Crippen LogP contribution in [0.2, 0.25) is 0 Å². The molecule has 3 unspecified atom stereocenters. The van der Waals surface area contributed by atoms with Gasteiger partial charge in [0.1, 0.15) is 5.75 Å². The van der Waals surface area contributed by atoms with Gasteiger partial charge in [0.25, 0.3) is 0 Å². The number of carbonyl (C=O) groups excluding carboxylic acids is 1. The van der Waals surface area contributed by atoms with Gasteiger partial charge in [-0.1, -0.05) is 12.1 Å². The molecule has 0 spiro atoms.